The van der Waals surface area contributed by atoms with Crippen molar-refractivity contribution in [1.82, 2.24) is 14.8 Å². The van der Waals surface area contributed by atoms with Crippen molar-refractivity contribution in [2.45, 2.75) is 0 Å². The van der Waals surface area contributed by atoms with E-state index in [1.165, 1.54) is 0 Å². The highest BCUT2D eigenvalue weighted by Gasteiger charge is 2.26. The smallest absolute Gasteiger partial charge is 0.257 e. The van der Waals surface area contributed by atoms with Gasteiger partial charge in [-0.1, -0.05) is 0 Å². The van der Waals surface area contributed by atoms with Gasteiger partial charge in [0, 0.05) is 26.3 Å². The van der Waals surface area contributed by atoms with E-state index in [-0.39, 0.29) is 18.4 Å². The van der Waals surface area contributed by atoms with Crippen LogP contribution in [0.15, 0.2) is 22.9 Å². The van der Waals surface area contributed by atoms with Crippen LogP contribution in [0.4, 0.5) is 0 Å². The van der Waals surface area contributed by atoms with E-state index in [2.05, 4.69) is 20.9 Å². The number of hydrogen-bond donors (Lipinski definition) is 0. The second-order valence-electron chi connectivity index (χ2n) is 3.88. The van der Waals surface area contributed by atoms with E-state index in [1.807, 2.05) is 0 Å². The Hall–Kier alpha value is -1.43. The first kappa shape index (κ1) is 12.0. The molecule has 1 fully saturated rings. The standard InChI is InChI=1S/C11H12BrN3O2/c1-14-5-6-15(7-9(14)16)11(17)8-3-2-4-13-10(8)12/h2-4H,5-7H2,1H3. The predicted molar refractivity (Wildman–Crippen MR) is 65.5 cm³/mol. The lowest BCUT2D eigenvalue weighted by molar-refractivity contribution is -0.133. The molecule has 1 aliphatic heterocycles. The maximum atomic E-state index is 12.2. The highest BCUT2D eigenvalue weighted by Crippen LogP contribution is 2.16. The Balaban J connectivity index is 2.16. The molecule has 17 heavy (non-hydrogen) atoms. The van der Waals surface area contributed by atoms with Crippen LogP contribution < -0.4 is 0 Å². The van der Waals surface area contributed by atoms with Crippen LogP contribution in [0.1, 0.15) is 10.4 Å². The number of hydrogen-bond acceptors (Lipinski definition) is 3. The van der Waals surface area contributed by atoms with E-state index in [0.29, 0.717) is 23.3 Å². The summed E-state index contributed by atoms with van der Waals surface area (Å²) in [4.78, 5) is 30.9. The molecule has 0 aliphatic carbocycles. The number of pyridine rings is 1. The molecule has 2 rings (SSSR count). The van der Waals surface area contributed by atoms with Gasteiger partial charge in [-0.2, -0.15) is 0 Å². The second-order valence-corrected chi connectivity index (χ2v) is 4.63. The molecule has 2 amide bonds. The van der Waals surface area contributed by atoms with Gasteiger partial charge in [-0.15, -0.1) is 0 Å². The average molecular weight is 298 g/mol. The third-order valence-corrected chi connectivity index (χ3v) is 3.37. The quantitative estimate of drug-likeness (QED) is 0.719. The molecule has 2 heterocycles. The molecule has 1 aromatic heterocycles. The summed E-state index contributed by atoms with van der Waals surface area (Å²) in [5.41, 5.74) is 0.491. The number of nitrogens with zero attached hydrogens (tertiary/aromatic N) is 3. The van der Waals surface area contributed by atoms with E-state index in [0.717, 1.165) is 0 Å². The van der Waals surface area contributed by atoms with Crippen LogP contribution in [-0.2, 0) is 4.79 Å². The number of aromatic nitrogens is 1. The lowest BCUT2D eigenvalue weighted by atomic mass is 10.2. The molecule has 0 spiro atoms. The number of rotatable bonds is 1. The summed E-state index contributed by atoms with van der Waals surface area (Å²) < 4.78 is 0.511. The molecule has 0 N–H and O–H groups in total. The van der Waals surface area contributed by atoms with Crippen LogP contribution in [0.25, 0.3) is 0 Å². The molecule has 0 radical (unpaired) electrons. The van der Waals surface area contributed by atoms with Gasteiger partial charge < -0.3 is 9.80 Å². The molecule has 0 saturated carbocycles. The Morgan fingerprint density at radius 3 is 2.88 bits per heavy atom. The lowest BCUT2D eigenvalue weighted by Crippen LogP contribution is -2.50. The molecule has 0 aromatic carbocycles. The van der Waals surface area contributed by atoms with Gasteiger partial charge in [0.1, 0.15) is 11.1 Å². The normalized spacial score (nSPS) is 16.2. The third-order valence-electron chi connectivity index (χ3n) is 2.73. The minimum atomic E-state index is -0.161. The van der Waals surface area contributed by atoms with Crippen LogP contribution in [0.5, 0.6) is 0 Å². The van der Waals surface area contributed by atoms with E-state index >= 15 is 0 Å². The first-order chi connectivity index (χ1) is 8.09. The maximum Gasteiger partial charge on any atom is 0.257 e. The summed E-state index contributed by atoms with van der Waals surface area (Å²) in [6.45, 7) is 1.27. The fourth-order valence-electron chi connectivity index (χ4n) is 1.65. The fourth-order valence-corrected chi connectivity index (χ4v) is 2.07. The molecular weight excluding hydrogens is 286 g/mol. The summed E-state index contributed by atoms with van der Waals surface area (Å²) in [7, 11) is 1.74. The van der Waals surface area contributed by atoms with Crippen LogP contribution >= 0.6 is 15.9 Å². The van der Waals surface area contributed by atoms with Crippen molar-refractivity contribution in [3.05, 3.63) is 28.5 Å². The first-order valence-corrected chi connectivity index (χ1v) is 6.02. The van der Waals surface area contributed by atoms with Crippen LogP contribution in [0, 0.1) is 0 Å². The first-order valence-electron chi connectivity index (χ1n) is 5.23. The van der Waals surface area contributed by atoms with Crippen molar-refractivity contribution in [3.63, 3.8) is 0 Å². The Labute approximate surface area is 108 Å². The zero-order chi connectivity index (χ0) is 12.4. The number of carbonyl (C=O) groups is 2. The Morgan fingerprint density at radius 1 is 1.47 bits per heavy atom. The molecule has 5 nitrogen and oxygen atoms in total. The molecule has 90 valence electrons. The summed E-state index contributed by atoms with van der Waals surface area (Å²) >= 11 is 3.24. The second kappa shape index (κ2) is 4.83. The Bertz CT molecular complexity index is 464. The number of likely N-dealkylation sites (N-methyl/N-ethyl adjacent to an activating group) is 1. The highest BCUT2D eigenvalue weighted by molar-refractivity contribution is 9.10. The van der Waals surface area contributed by atoms with E-state index in [4.69, 9.17) is 0 Å². The van der Waals surface area contributed by atoms with Crippen molar-refractivity contribution < 1.29 is 9.59 Å². The minimum Gasteiger partial charge on any atom is -0.342 e. The number of piperazine rings is 1. The number of halogens is 1. The van der Waals surface area contributed by atoms with Crippen molar-refractivity contribution in [3.8, 4) is 0 Å². The SMILES string of the molecule is CN1CCN(C(=O)c2cccnc2Br)CC1=O. The van der Waals surface area contributed by atoms with Gasteiger partial charge >= 0.3 is 0 Å². The molecule has 1 saturated heterocycles. The van der Waals surface area contributed by atoms with Gasteiger partial charge in [0.2, 0.25) is 5.91 Å². The van der Waals surface area contributed by atoms with E-state index < -0.39 is 0 Å². The van der Waals surface area contributed by atoms with Gasteiger partial charge in [0.15, 0.2) is 0 Å². The van der Waals surface area contributed by atoms with Crippen molar-refractivity contribution in [1.29, 1.82) is 0 Å². The predicted octanol–water partition coefficient (Wildman–Crippen LogP) is 0.758. The Kier molecular flexibility index (Phi) is 3.42. The van der Waals surface area contributed by atoms with Crippen molar-refractivity contribution >= 4 is 27.7 Å². The van der Waals surface area contributed by atoms with Gasteiger partial charge in [0.25, 0.3) is 5.91 Å². The molecule has 0 unspecified atom stereocenters. The summed E-state index contributed by atoms with van der Waals surface area (Å²) in [6.07, 6.45) is 1.61. The number of amides is 2. The summed E-state index contributed by atoms with van der Waals surface area (Å²) in [6, 6.07) is 3.40. The fraction of sp³-hybridized carbons (Fsp3) is 0.364. The van der Waals surface area contributed by atoms with Crippen molar-refractivity contribution in [2.75, 3.05) is 26.7 Å². The topological polar surface area (TPSA) is 53.5 Å². The van der Waals surface area contributed by atoms with Crippen LogP contribution in [-0.4, -0.2) is 53.3 Å². The number of carbonyl (C=O) groups excluding carboxylic acids is 2. The minimum absolute atomic E-state index is 0.0374. The largest absolute Gasteiger partial charge is 0.342 e. The van der Waals surface area contributed by atoms with Gasteiger partial charge in [-0.3, -0.25) is 9.59 Å². The summed E-state index contributed by atoms with van der Waals surface area (Å²) in [5.74, 6) is -0.198. The molecule has 0 bridgehead atoms. The lowest BCUT2D eigenvalue weighted by Gasteiger charge is -2.32. The Morgan fingerprint density at radius 2 is 2.24 bits per heavy atom. The summed E-state index contributed by atoms with van der Waals surface area (Å²) in [5, 5.41) is 0. The molecule has 1 aromatic rings. The van der Waals surface area contributed by atoms with Gasteiger partial charge in [0.05, 0.1) is 5.56 Å². The van der Waals surface area contributed by atoms with Crippen molar-refractivity contribution in [2.24, 2.45) is 0 Å². The van der Waals surface area contributed by atoms with Crippen LogP contribution in [0.3, 0.4) is 0 Å². The zero-order valence-corrected chi connectivity index (χ0v) is 11.0. The van der Waals surface area contributed by atoms with E-state index in [9.17, 15) is 9.59 Å². The third kappa shape index (κ3) is 2.46. The zero-order valence-electron chi connectivity index (χ0n) is 9.39. The molecule has 6 heteroatoms. The molecule has 1 aliphatic rings. The van der Waals surface area contributed by atoms with Crippen LogP contribution in [0.2, 0.25) is 0 Å². The van der Waals surface area contributed by atoms with E-state index in [1.54, 1.807) is 35.2 Å². The molecular formula is C11H12BrN3O2. The molecule has 0 atom stereocenters. The monoisotopic (exact) mass is 297 g/mol. The van der Waals surface area contributed by atoms with Gasteiger partial charge in [-0.05, 0) is 28.1 Å². The highest BCUT2D eigenvalue weighted by atomic mass is 79.9. The maximum absolute atomic E-state index is 12.2. The van der Waals surface area contributed by atoms with Gasteiger partial charge in [-0.25, -0.2) is 4.98 Å². The average Bonchev–Trinajstić information content (AvgIpc) is 2.32.